The molecule has 0 saturated carbocycles. The molecule has 0 aliphatic carbocycles. The Morgan fingerprint density at radius 1 is 1.29 bits per heavy atom. The molecule has 0 atom stereocenters. The molecule has 0 radical (unpaired) electrons. The van der Waals surface area contributed by atoms with Crippen LogP contribution in [0.4, 0.5) is 4.39 Å². The maximum atomic E-state index is 12.4. The van der Waals surface area contributed by atoms with Crippen molar-refractivity contribution in [1.29, 1.82) is 0 Å². The average molecular weight is 200 g/mol. The molecule has 14 heavy (non-hydrogen) atoms. The molecule has 0 rings (SSSR count). The summed E-state index contributed by atoms with van der Waals surface area (Å²) in [6.45, 7) is 16.3. The summed E-state index contributed by atoms with van der Waals surface area (Å²) in [5.74, 6) is -0.0637. The van der Waals surface area contributed by atoms with Gasteiger partial charge < -0.3 is 4.74 Å². The van der Waals surface area contributed by atoms with Crippen LogP contribution in [0.5, 0.6) is 0 Å². The van der Waals surface area contributed by atoms with E-state index < -0.39 is 5.83 Å². The van der Waals surface area contributed by atoms with E-state index in [1.54, 1.807) is 6.92 Å². The van der Waals surface area contributed by atoms with Gasteiger partial charge in [0.25, 0.3) is 0 Å². The molecule has 0 aromatic carbocycles. The van der Waals surface area contributed by atoms with Crippen LogP contribution in [0.2, 0.25) is 0 Å². The van der Waals surface area contributed by atoms with Crippen molar-refractivity contribution in [3.8, 4) is 0 Å². The van der Waals surface area contributed by atoms with E-state index in [2.05, 4.69) is 13.2 Å². The Morgan fingerprint density at radius 2 is 1.71 bits per heavy atom. The Bertz CT molecular complexity index is 214. The second kappa shape index (κ2) is 8.54. The van der Waals surface area contributed by atoms with Crippen molar-refractivity contribution >= 4 is 0 Å². The van der Waals surface area contributed by atoms with E-state index in [0.29, 0.717) is 11.3 Å². The molecule has 82 valence electrons. The van der Waals surface area contributed by atoms with Crippen LogP contribution >= 0.6 is 0 Å². The number of rotatable bonds is 4. The van der Waals surface area contributed by atoms with Gasteiger partial charge in [0, 0.05) is 6.08 Å². The number of halogens is 1. The Labute approximate surface area is 87.0 Å². The smallest absolute Gasteiger partial charge is 0.124 e. The minimum Gasteiger partial charge on any atom is -0.491 e. The van der Waals surface area contributed by atoms with Gasteiger partial charge in [-0.15, -0.1) is 0 Å². The van der Waals surface area contributed by atoms with E-state index in [1.807, 2.05) is 27.7 Å². The highest BCUT2D eigenvalue weighted by atomic mass is 19.1. The Morgan fingerprint density at radius 3 is 1.93 bits per heavy atom. The lowest BCUT2D eigenvalue weighted by atomic mass is 10.2. The first-order valence-electron chi connectivity index (χ1n) is 4.82. The third kappa shape index (κ3) is 9.04. The Kier molecular flexibility index (Phi) is 9.41. The molecule has 2 heteroatoms. The van der Waals surface area contributed by atoms with Crippen LogP contribution in [-0.2, 0) is 4.74 Å². The highest BCUT2D eigenvalue weighted by Gasteiger charge is 2.02. The fourth-order valence-electron chi connectivity index (χ4n) is 0.654. The summed E-state index contributed by atoms with van der Waals surface area (Å²) >= 11 is 0. The SMILES string of the molecule is C=C(F)/C=C(/OC(C)C)C(=C)C.CC. The zero-order valence-corrected chi connectivity index (χ0v) is 9.86. The molecule has 0 aliphatic rings. The van der Waals surface area contributed by atoms with Crippen LogP contribution < -0.4 is 0 Å². The Hall–Kier alpha value is -1.05. The average Bonchev–Trinajstić information content (AvgIpc) is 2.05. The van der Waals surface area contributed by atoms with Crippen LogP contribution in [0.15, 0.2) is 36.4 Å². The number of allylic oxidation sites excluding steroid dienone is 3. The maximum Gasteiger partial charge on any atom is 0.124 e. The highest BCUT2D eigenvalue weighted by Crippen LogP contribution is 2.14. The van der Waals surface area contributed by atoms with Gasteiger partial charge in [-0.05, 0) is 26.3 Å². The number of hydrogen-bond acceptors (Lipinski definition) is 1. The molecule has 0 N–H and O–H groups in total. The number of hydrogen-bond donors (Lipinski definition) is 0. The second-order valence-corrected chi connectivity index (χ2v) is 2.90. The van der Waals surface area contributed by atoms with Crippen LogP contribution in [0, 0.1) is 0 Å². The molecule has 0 heterocycles. The van der Waals surface area contributed by atoms with E-state index in [4.69, 9.17) is 4.74 Å². The lowest BCUT2D eigenvalue weighted by Crippen LogP contribution is -2.02. The lowest BCUT2D eigenvalue weighted by molar-refractivity contribution is 0.154. The van der Waals surface area contributed by atoms with Crippen molar-refractivity contribution in [3.63, 3.8) is 0 Å². The summed E-state index contributed by atoms with van der Waals surface area (Å²) in [6.07, 6.45) is 1.26. The van der Waals surface area contributed by atoms with Crippen molar-refractivity contribution in [2.45, 2.75) is 40.7 Å². The standard InChI is InChI=1S/C10H15FO.C2H6/c1-7(2)10(6-9(5)11)12-8(3)4;1-2/h6,8H,1,5H2,2-4H3;1-2H3/b10-6+;. The van der Waals surface area contributed by atoms with E-state index in [-0.39, 0.29) is 6.10 Å². The summed E-state index contributed by atoms with van der Waals surface area (Å²) in [5, 5.41) is 0. The van der Waals surface area contributed by atoms with Gasteiger partial charge in [0.05, 0.1) is 6.10 Å². The third-order valence-corrected chi connectivity index (χ3v) is 1.07. The first-order chi connectivity index (χ1) is 6.43. The summed E-state index contributed by atoms with van der Waals surface area (Å²) in [7, 11) is 0. The van der Waals surface area contributed by atoms with Crippen LogP contribution in [0.3, 0.4) is 0 Å². The largest absolute Gasteiger partial charge is 0.491 e. The minimum atomic E-state index is -0.520. The third-order valence-electron chi connectivity index (χ3n) is 1.07. The zero-order chi connectivity index (χ0) is 11.7. The first kappa shape index (κ1) is 15.4. The highest BCUT2D eigenvalue weighted by molar-refractivity contribution is 5.26. The van der Waals surface area contributed by atoms with Crippen molar-refractivity contribution in [3.05, 3.63) is 36.4 Å². The van der Waals surface area contributed by atoms with Crippen LogP contribution in [0.25, 0.3) is 0 Å². The summed E-state index contributed by atoms with van der Waals surface area (Å²) in [6, 6.07) is 0. The quantitative estimate of drug-likeness (QED) is 0.483. The van der Waals surface area contributed by atoms with E-state index in [9.17, 15) is 4.39 Å². The first-order valence-corrected chi connectivity index (χ1v) is 4.82. The molecule has 0 spiro atoms. The van der Waals surface area contributed by atoms with Gasteiger partial charge >= 0.3 is 0 Å². The molecule has 0 fully saturated rings. The van der Waals surface area contributed by atoms with Gasteiger partial charge in [-0.2, -0.15) is 0 Å². The van der Waals surface area contributed by atoms with E-state index in [1.165, 1.54) is 6.08 Å². The summed E-state index contributed by atoms with van der Waals surface area (Å²) in [4.78, 5) is 0. The van der Waals surface area contributed by atoms with Crippen molar-refractivity contribution in [1.82, 2.24) is 0 Å². The predicted octanol–water partition coefficient (Wildman–Crippen LogP) is 4.38. The summed E-state index contributed by atoms with van der Waals surface area (Å²) < 4.78 is 17.7. The molecule has 0 aromatic rings. The number of ether oxygens (including phenoxy) is 1. The van der Waals surface area contributed by atoms with Crippen molar-refractivity contribution < 1.29 is 9.13 Å². The van der Waals surface area contributed by atoms with Crippen LogP contribution in [-0.4, -0.2) is 6.10 Å². The maximum absolute atomic E-state index is 12.4. The topological polar surface area (TPSA) is 9.23 Å². The van der Waals surface area contributed by atoms with Crippen molar-refractivity contribution in [2.75, 3.05) is 0 Å². The van der Waals surface area contributed by atoms with Gasteiger partial charge in [-0.3, -0.25) is 0 Å². The monoisotopic (exact) mass is 200 g/mol. The minimum absolute atomic E-state index is 0.0206. The molecule has 0 bridgehead atoms. The molecular weight excluding hydrogens is 179 g/mol. The van der Waals surface area contributed by atoms with Gasteiger partial charge in [0.1, 0.15) is 11.6 Å². The zero-order valence-electron chi connectivity index (χ0n) is 9.86. The van der Waals surface area contributed by atoms with Crippen LogP contribution in [0.1, 0.15) is 34.6 Å². The van der Waals surface area contributed by atoms with Gasteiger partial charge in [-0.25, -0.2) is 4.39 Å². The second-order valence-electron chi connectivity index (χ2n) is 2.90. The molecular formula is C12H21FO. The van der Waals surface area contributed by atoms with E-state index >= 15 is 0 Å². The summed E-state index contributed by atoms with van der Waals surface area (Å²) in [5.41, 5.74) is 0.697. The Balaban J connectivity index is 0. The molecule has 0 saturated heterocycles. The molecule has 0 unspecified atom stereocenters. The van der Waals surface area contributed by atoms with E-state index in [0.717, 1.165) is 0 Å². The van der Waals surface area contributed by atoms with Gasteiger partial charge in [-0.1, -0.05) is 27.0 Å². The van der Waals surface area contributed by atoms with Gasteiger partial charge in [0.15, 0.2) is 0 Å². The normalized spacial score (nSPS) is 10.4. The predicted molar refractivity (Wildman–Crippen MR) is 60.7 cm³/mol. The molecule has 0 amide bonds. The lowest BCUT2D eigenvalue weighted by Gasteiger charge is -2.12. The molecule has 0 aliphatic heterocycles. The van der Waals surface area contributed by atoms with Gasteiger partial charge in [0.2, 0.25) is 0 Å². The fraction of sp³-hybridized carbons (Fsp3) is 0.500. The molecule has 0 aromatic heterocycles. The fourth-order valence-corrected chi connectivity index (χ4v) is 0.654. The van der Waals surface area contributed by atoms with Crippen molar-refractivity contribution in [2.24, 2.45) is 0 Å². The molecule has 1 nitrogen and oxygen atoms in total.